The topological polar surface area (TPSA) is 50.7 Å². The summed E-state index contributed by atoms with van der Waals surface area (Å²) < 4.78 is 0. The van der Waals surface area contributed by atoms with Crippen molar-refractivity contribution in [3.05, 3.63) is 40.8 Å². The summed E-state index contributed by atoms with van der Waals surface area (Å²) in [6.07, 6.45) is 1.90. The van der Waals surface area contributed by atoms with Gasteiger partial charge in [-0.05, 0) is 44.9 Å². The Morgan fingerprint density at radius 3 is 2.35 bits per heavy atom. The molecule has 1 N–H and O–H groups in total. The summed E-state index contributed by atoms with van der Waals surface area (Å²) in [5.41, 5.74) is 4.46. The molecule has 0 aliphatic heterocycles. The molecule has 0 radical (unpaired) electrons. The first kappa shape index (κ1) is 14.8. The van der Waals surface area contributed by atoms with Gasteiger partial charge in [0.05, 0.1) is 0 Å². The number of hydrogen-bond donors (Lipinski definition) is 1. The molecule has 2 heterocycles. The molecular weight excluding hydrogens is 268 g/mol. The number of thioether (sulfide) groups is 1. The Balaban J connectivity index is 2.01. The first-order valence-electron chi connectivity index (χ1n) is 6.73. The molecule has 0 aliphatic carbocycles. The molecule has 0 aromatic carbocycles. The van der Waals surface area contributed by atoms with E-state index in [1.165, 1.54) is 11.1 Å². The lowest BCUT2D eigenvalue weighted by Crippen LogP contribution is -1.99. The molecule has 0 unspecified atom stereocenters. The van der Waals surface area contributed by atoms with E-state index in [1.807, 2.05) is 26.1 Å². The minimum atomic E-state index is 0.835. The van der Waals surface area contributed by atoms with E-state index in [4.69, 9.17) is 0 Å². The molecule has 0 saturated carbocycles. The first-order valence-corrected chi connectivity index (χ1v) is 7.72. The summed E-state index contributed by atoms with van der Waals surface area (Å²) >= 11 is 1.65. The zero-order valence-electron chi connectivity index (χ0n) is 12.4. The van der Waals surface area contributed by atoms with Gasteiger partial charge in [0.15, 0.2) is 5.16 Å². The van der Waals surface area contributed by atoms with E-state index in [9.17, 15) is 0 Å². The number of hydrogen-bond acceptors (Lipinski definition) is 5. The zero-order valence-corrected chi connectivity index (χ0v) is 13.2. The van der Waals surface area contributed by atoms with E-state index in [1.54, 1.807) is 11.8 Å². The van der Waals surface area contributed by atoms with E-state index in [2.05, 4.69) is 40.2 Å². The molecule has 2 rings (SSSR count). The van der Waals surface area contributed by atoms with E-state index >= 15 is 0 Å². The van der Waals surface area contributed by atoms with Gasteiger partial charge in [-0.15, -0.1) is 0 Å². The van der Waals surface area contributed by atoms with Crippen molar-refractivity contribution in [3.63, 3.8) is 0 Å². The third kappa shape index (κ3) is 3.70. The minimum Gasteiger partial charge on any atom is -0.370 e. The van der Waals surface area contributed by atoms with Crippen LogP contribution in [0.1, 0.15) is 29.4 Å². The van der Waals surface area contributed by atoms with Gasteiger partial charge in [0, 0.05) is 29.9 Å². The quantitative estimate of drug-likeness (QED) is 0.674. The van der Waals surface area contributed by atoms with Gasteiger partial charge in [-0.25, -0.2) is 15.0 Å². The van der Waals surface area contributed by atoms with Crippen molar-refractivity contribution in [1.82, 2.24) is 15.0 Å². The van der Waals surface area contributed by atoms with Gasteiger partial charge < -0.3 is 5.32 Å². The second kappa shape index (κ2) is 6.70. The van der Waals surface area contributed by atoms with Gasteiger partial charge in [0.25, 0.3) is 0 Å². The van der Waals surface area contributed by atoms with Crippen LogP contribution in [0.5, 0.6) is 0 Å². The molecule has 0 saturated heterocycles. The average molecular weight is 288 g/mol. The molecular formula is C15H20N4S. The van der Waals surface area contributed by atoms with Crippen LogP contribution in [-0.2, 0) is 5.75 Å². The second-order valence-electron chi connectivity index (χ2n) is 4.67. The summed E-state index contributed by atoms with van der Waals surface area (Å²) in [4.78, 5) is 13.4. The normalized spacial score (nSPS) is 10.6. The van der Waals surface area contributed by atoms with Gasteiger partial charge in [-0.1, -0.05) is 17.8 Å². The highest BCUT2D eigenvalue weighted by molar-refractivity contribution is 7.98. The van der Waals surface area contributed by atoms with E-state index in [0.29, 0.717) is 0 Å². The van der Waals surface area contributed by atoms with E-state index in [-0.39, 0.29) is 0 Å². The van der Waals surface area contributed by atoms with Crippen molar-refractivity contribution < 1.29 is 0 Å². The van der Waals surface area contributed by atoms with Gasteiger partial charge in [-0.2, -0.15) is 0 Å². The summed E-state index contributed by atoms with van der Waals surface area (Å²) in [5, 5.41) is 4.02. The van der Waals surface area contributed by atoms with Crippen molar-refractivity contribution in [2.24, 2.45) is 0 Å². The van der Waals surface area contributed by atoms with Crippen LogP contribution >= 0.6 is 11.8 Å². The molecule has 5 heteroatoms. The smallest absolute Gasteiger partial charge is 0.188 e. The lowest BCUT2D eigenvalue weighted by atomic mass is 10.2. The van der Waals surface area contributed by atoms with Crippen LogP contribution in [0.15, 0.2) is 23.5 Å². The molecule has 0 spiro atoms. The Morgan fingerprint density at radius 2 is 1.80 bits per heavy atom. The van der Waals surface area contributed by atoms with Crippen LogP contribution in [0.3, 0.4) is 0 Å². The fourth-order valence-corrected chi connectivity index (χ4v) is 2.62. The fraction of sp³-hybridized carbons (Fsp3) is 0.400. The summed E-state index contributed by atoms with van der Waals surface area (Å²) in [6.45, 7) is 9.06. The van der Waals surface area contributed by atoms with Crippen molar-refractivity contribution >= 4 is 17.6 Å². The Hall–Kier alpha value is -1.62. The third-order valence-electron chi connectivity index (χ3n) is 3.16. The molecule has 0 atom stereocenters. The molecule has 2 aromatic rings. The largest absolute Gasteiger partial charge is 0.370 e. The van der Waals surface area contributed by atoms with Crippen LogP contribution in [0.25, 0.3) is 0 Å². The summed E-state index contributed by atoms with van der Waals surface area (Å²) in [7, 11) is 0. The Labute approximate surface area is 124 Å². The number of nitrogens with zero attached hydrogens (tertiary/aromatic N) is 3. The van der Waals surface area contributed by atoms with Crippen LogP contribution < -0.4 is 5.32 Å². The molecule has 20 heavy (non-hydrogen) atoms. The highest BCUT2D eigenvalue weighted by Crippen LogP contribution is 2.21. The van der Waals surface area contributed by atoms with Crippen LogP contribution in [-0.4, -0.2) is 21.5 Å². The van der Waals surface area contributed by atoms with Gasteiger partial charge >= 0.3 is 0 Å². The lowest BCUT2D eigenvalue weighted by molar-refractivity contribution is 0.880. The maximum absolute atomic E-state index is 4.51. The number of nitrogens with one attached hydrogen (secondary N) is 1. The van der Waals surface area contributed by atoms with Crippen LogP contribution in [0.4, 0.5) is 5.82 Å². The number of aryl methyl sites for hydroxylation is 2. The van der Waals surface area contributed by atoms with Crippen LogP contribution in [0.2, 0.25) is 0 Å². The fourth-order valence-electron chi connectivity index (χ4n) is 1.75. The zero-order chi connectivity index (χ0) is 14.5. The Morgan fingerprint density at radius 1 is 1.10 bits per heavy atom. The molecule has 0 aliphatic rings. The molecule has 106 valence electrons. The molecule has 0 bridgehead atoms. The summed E-state index contributed by atoms with van der Waals surface area (Å²) in [5.74, 6) is 1.75. The third-order valence-corrected chi connectivity index (χ3v) is 4.08. The number of pyridine rings is 1. The molecule has 0 amide bonds. The van der Waals surface area contributed by atoms with Crippen molar-refractivity contribution in [2.45, 2.75) is 38.6 Å². The number of rotatable bonds is 5. The van der Waals surface area contributed by atoms with Gasteiger partial charge in [0.1, 0.15) is 5.82 Å². The van der Waals surface area contributed by atoms with Gasteiger partial charge in [-0.3, -0.25) is 0 Å². The second-order valence-corrected chi connectivity index (χ2v) is 5.62. The highest BCUT2D eigenvalue weighted by Gasteiger charge is 2.05. The number of anilines is 1. The lowest BCUT2D eigenvalue weighted by Gasteiger charge is -2.07. The molecule has 4 nitrogen and oxygen atoms in total. The Kier molecular flexibility index (Phi) is 4.95. The van der Waals surface area contributed by atoms with Crippen LogP contribution in [0, 0.1) is 20.8 Å². The van der Waals surface area contributed by atoms with Crippen molar-refractivity contribution in [2.75, 3.05) is 11.9 Å². The molecule has 0 fully saturated rings. The molecule has 2 aromatic heterocycles. The summed E-state index contributed by atoms with van der Waals surface area (Å²) in [6, 6.07) is 4.10. The van der Waals surface area contributed by atoms with E-state index in [0.717, 1.165) is 34.7 Å². The average Bonchev–Trinajstić information content (AvgIpc) is 2.44. The first-order chi connectivity index (χ1) is 9.60. The number of aromatic nitrogens is 3. The monoisotopic (exact) mass is 288 g/mol. The SMILES string of the molecule is CCNc1ccc(CSc2nc(C)c(C)c(C)n2)cn1. The maximum Gasteiger partial charge on any atom is 0.188 e. The van der Waals surface area contributed by atoms with E-state index < -0.39 is 0 Å². The van der Waals surface area contributed by atoms with Crippen molar-refractivity contribution in [3.8, 4) is 0 Å². The minimum absolute atomic E-state index is 0.835. The van der Waals surface area contributed by atoms with Gasteiger partial charge in [0.2, 0.25) is 0 Å². The predicted octanol–water partition coefficient (Wildman–Crippen LogP) is 3.52. The highest BCUT2D eigenvalue weighted by atomic mass is 32.2. The predicted molar refractivity (Wildman–Crippen MR) is 84.2 cm³/mol. The maximum atomic E-state index is 4.51. The Bertz CT molecular complexity index is 558. The van der Waals surface area contributed by atoms with Crippen molar-refractivity contribution in [1.29, 1.82) is 0 Å². The standard InChI is InChI=1S/C15H20N4S/c1-5-16-14-7-6-13(8-17-14)9-20-15-18-11(3)10(2)12(4)19-15/h6-8H,5,9H2,1-4H3,(H,16,17).